The van der Waals surface area contributed by atoms with Crippen LogP contribution in [-0.4, -0.2) is 31.2 Å². The van der Waals surface area contributed by atoms with Crippen molar-refractivity contribution in [2.75, 3.05) is 25.6 Å². The van der Waals surface area contributed by atoms with Crippen LogP contribution < -0.4 is 10.6 Å². The quantitative estimate of drug-likeness (QED) is 0.770. The van der Waals surface area contributed by atoms with Crippen molar-refractivity contribution in [3.63, 3.8) is 0 Å². The molecule has 0 aliphatic heterocycles. The topological polar surface area (TPSA) is 63.2 Å². The Hall–Kier alpha value is -2.47. The molecular formula is C16H18FN3O2. The Labute approximate surface area is 128 Å². The first kappa shape index (κ1) is 15.9. The lowest BCUT2D eigenvalue weighted by molar-refractivity contribution is 0.0932. The highest BCUT2D eigenvalue weighted by Crippen LogP contribution is 2.09. The Bertz CT molecular complexity index is 600. The molecule has 1 aromatic carbocycles. The first-order valence-corrected chi connectivity index (χ1v) is 6.90. The van der Waals surface area contributed by atoms with E-state index >= 15 is 0 Å². The smallest absolute Gasteiger partial charge is 0.269 e. The SMILES string of the molecule is COCCNC(=O)c1ccc(NCc2ccc(F)cc2)cn1. The van der Waals surface area contributed by atoms with Crippen LogP contribution in [-0.2, 0) is 11.3 Å². The molecule has 0 saturated heterocycles. The molecule has 0 spiro atoms. The molecule has 0 unspecified atom stereocenters. The maximum absolute atomic E-state index is 12.8. The Balaban J connectivity index is 1.86. The van der Waals surface area contributed by atoms with E-state index < -0.39 is 0 Å². The number of hydrogen-bond donors (Lipinski definition) is 2. The van der Waals surface area contributed by atoms with Crippen LogP contribution in [0.2, 0.25) is 0 Å². The van der Waals surface area contributed by atoms with Gasteiger partial charge in [-0.1, -0.05) is 12.1 Å². The molecule has 2 aromatic rings. The minimum Gasteiger partial charge on any atom is -0.383 e. The van der Waals surface area contributed by atoms with Crippen molar-refractivity contribution in [2.45, 2.75) is 6.54 Å². The molecule has 0 bridgehead atoms. The van der Waals surface area contributed by atoms with Gasteiger partial charge in [0.15, 0.2) is 0 Å². The minimum atomic E-state index is -0.255. The van der Waals surface area contributed by atoms with Gasteiger partial charge in [-0.05, 0) is 29.8 Å². The molecule has 0 aliphatic carbocycles. The highest BCUT2D eigenvalue weighted by Gasteiger charge is 2.06. The van der Waals surface area contributed by atoms with Gasteiger partial charge in [0.05, 0.1) is 18.5 Å². The van der Waals surface area contributed by atoms with E-state index in [0.29, 0.717) is 25.4 Å². The van der Waals surface area contributed by atoms with Crippen molar-refractivity contribution in [3.05, 3.63) is 59.7 Å². The molecule has 116 valence electrons. The number of aromatic nitrogens is 1. The van der Waals surface area contributed by atoms with Crippen LogP contribution in [0.5, 0.6) is 0 Å². The van der Waals surface area contributed by atoms with Gasteiger partial charge in [0.25, 0.3) is 5.91 Å². The summed E-state index contributed by atoms with van der Waals surface area (Å²) in [5.41, 5.74) is 2.10. The molecule has 0 radical (unpaired) electrons. The van der Waals surface area contributed by atoms with Crippen LogP contribution in [0.1, 0.15) is 16.1 Å². The molecule has 0 saturated carbocycles. The monoisotopic (exact) mass is 303 g/mol. The maximum Gasteiger partial charge on any atom is 0.269 e. The number of nitrogens with zero attached hydrogens (tertiary/aromatic N) is 1. The van der Waals surface area contributed by atoms with Gasteiger partial charge in [-0.25, -0.2) is 9.37 Å². The average Bonchev–Trinajstić information content (AvgIpc) is 2.55. The molecule has 1 heterocycles. The van der Waals surface area contributed by atoms with E-state index in [1.54, 1.807) is 37.6 Å². The largest absolute Gasteiger partial charge is 0.383 e. The second-order valence-corrected chi connectivity index (χ2v) is 4.66. The average molecular weight is 303 g/mol. The van der Waals surface area contributed by atoms with Crippen molar-refractivity contribution in [1.29, 1.82) is 0 Å². The molecule has 2 rings (SSSR count). The van der Waals surface area contributed by atoms with Gasteiger partial charge < -0.3 is 15.4 Å². The van der Waals surface area contributed by atoms with Crippen molar-refractivity contribution in [1.82, 2.24) is 10.3 Å². The second kappa shape index (κ2) is 8.09. The lowest BCUT2D eigenvalue weighted by Crippen LogP contribution is -2.27. The molecule has 1 amide bonds. The van der Waals surface area contributed by atoms with E-state index in [0.717, 1.165) is 11.3 Å². The van der Waals surface area contributed by atoms with Crippen LogP contribution in [0, 0.1) is 5.82 Å². The van der Waals surface area contributed by atoms with E-state index in [4.69, 9.17) is 4.74 Å². The normalized spacial score (nSPS) is 10.3. The third kappa shape index (κ3) is 4.82. The molecule has 6 heteroatoms. The number of carbonyl (C=O) groups excluding carboxylic acids is 1. The number of methoxy groups -OCH3 is 1. The number of halogens is 1. The van der Waals surface area contributed by atoms with Crippen molar-refractivity contribution in [3.8, 4) is 0 Å². The summed E-state index contributed by atoms with van der Waals surface area (Å²) in [6.45, 7) is 1.46. The summed E-state index contributed by atoms with van der Waals surface area (Å²) in [6.07, 6.45) is 1.59. The van der Waals surface area contributed by atoms with Gasteiger partial charge in [0.2, 0.25) is 0 Å². The van der Waals surface area contributed by atoms with Gasteiger partial charge in [-0.2, -0.15) is 0 Å². The van der Waals surface area contributed by atoms with Gasteiger partial charge in [-0.15, -0.1) is 0 Å². The summed E-state index contributed by atoms with van der Waals surface area (Å²) in [6, 6.07) is 9.70. The van der Waals surface area contributed by atoms with Crippen molar-refractivity contribution < 1.29 is 13.9 Å². The number of anilines is 1. The van der Waals surface area contributed by atoms with Crippen LogP contribution >= 0.6 is 0 Å². The second-order valence-electron chi connectivity index (χ2n) is 4.66. The van der Waals surface area contributed by atoms with E-state index in [1.807, 2.05) is 0 Å². The molecule has 0 fully saturated rings. The first-order chi connectivity index (χ1) is 10.7. The predicted molar refractivity (Wildman–Crippen MR) is 82.2 cm³/mol. The lowest BCUT2D eigenvalue weighted by atomic mass is 10.2. The van der Waals surface area contributed by atoms with Crippen LogP contribution in [0.3, 0.4) is 0 Å². The van der Waals surface area contributed by atoms with Crippen LogP contribution in [0.15, 0.2) is 42.6 Å². The third-order valence-electron chi connectivity index (χ3n) is 3.00. The maximum atomic E-state index is 12.8. The number of rotatable bonds is 7. The molecule has 0 atom stereocenters. The Morgan fingerprint density at radius 1 is 1.23 bits per heavy atom. The zero-order valence-electron chi connectivity index (χ0n) is 12.3. The van der Waals surface area contributed by atoms with Gasteiger partial charge in [-0.3, -0.25) is 4.79 Å². The van der Waals surface area contributed by atoms with Crippen molar-refractivity contribution >= 4 is 11.6 Å². The lowest BCUT2D eigenvalue weighted by Gasteiger charge is -2.07. The number of hydrogen-bond acceptors (Lipinski definition) is 4. The summed E-state index contributed by atoms with van der Waals surface area (Å²) in [5, 5.41) is 5.86. The predicted octanol–water partition coefficient (Wildman–Crippen LogP) is 2.21. The molecule has 0 aliphatic rings. The van der Waals surface area contributed by atoms with E-state index in [2.05, 4.69) is 15.6 Å². The Kier molecular flexibility index (Phi) is 5.85. The molecule has 2 N–H and O–H groups in total. The number of ether oxygens (including phenoxy) is 1. The van der Waals surface area contributed by atoms with Gasteiger partial charge in [0.1, 0.15) is 11.5 Å². The summed E-state index contributed by atoms with van der Waals surface area (Å²) >= 11 is 0. The number of carbonyl (C=O) groups is 1. The van der Waals surface area contributed by atoms with E-state index in [9.17, 15) is 9.18 Å². The summed E-state index contributed by atoms with van der Waals surface area (Å²) in [7, 11) is 1.58. The molecule has 5 nitrogen and oxygen atoms in total. The summed E-state index contributed by atoms with van der Waals surface area (Å²) in [4.78, 5) is 15.9. The number of amides is 1. The zero-order valence-corrected chi connectivity index (χ0v) is 12.3. The van der Waals surface area contributed by atoms with E-state index in [1.165, 1.54) is 12.1 Å². The Morgan fingerprint density at radius 2 is 2.00 bits per heavy atom. The van der Waals surface area contributed by atoms with Crippen LogP contribution in [0.25, 0.3) is 0 Å². The van der Waals surface area contributed by atoms with Crippen LogP contribution in [0.4, 0.5) is 10.1 Å². The minimum absolute atomic E-state index is 0.234. The fourth-order valence-electron chi connectivity index (χ4n) is 1.80. The molecular weight excluding hydrogens is 285 g/mol. The summed E-state index contributed by atoms with van der Waals surface area (Å²) in [5.74, 6) is -0.489. The highest BCUT2D eigenvalue weighted by atomic mass is 19.1. The standard InChI is InChI=1S/C16H18FN3O2/c1-22-9-8-18-16(21)15-7-6-14(11-20-15)19-10-12-2-4-13(17)5-3-12/h2-7,11,19H,8-10H2,1H3,(H,18,21). The fraction of sp³-hybridized carbons (Fsp3) is 0.250. The summed E-state index contributed by atoms with van der Waals surface area (Å²) < 4.78 is 17.7. The van der Waals surface area contributed by atoms with Gasteiger partial charge in [0, 0.05) is 20.2 Å². The van der Waals surface area contributed by atoms with E-state index in [-0.39, 0.29) is 11.7 Å². The number of pyridine rings is 1. The van der Waals surface area contributed by atoms with Gasteiger partial charge >= 0.3 is 0 Å². The zero-order chi connectivity index (χ0) is 15.8. The highest BCUT2D eigenvalue weighted by molar-refractivity contribution is 5.92. The molecule has 22 heavy (non-hydrogen) atoms. The third-order valence-corrected chi connectivity index (χ3v) is 3.00. The Morgan fingerprint density at radius 3 is 2.64 bits per heavy atom. The number of nitrogens with one attached hydrogen (secondary N) is 2. The molecule has 1 aromatic heterocycles. The first-order valence-electron chi connectivity index (χ1n) is 6.90. The fourth-order valence-corrected chi connectivity index (χ4v) is 1.80. The van der Waals surface area contributed by atoms with Crippen molar-refractivity contribution in [2.24, 2.45) is 0 Å². The number of benzene rings is 1.